The second-order valence-corrected chi connectivity index (χ2v) is 8.75. The Balaban J connectivity index is 1.64. The van der Waals surface area contributed by atoms with Gasteiger partial charge in [-0.3, -0.25) is 4.79 Å². The van der Waals surface area contributed by atoms with Crippen LogP contribution in [0.4, 0.5) is 5.82 Å². The fraction of sp³-hybridized carbons (Fsp3) is 0.480. The minimum absolute atomic E-state index is 0.0208. The monoisotopic (exact) mass is 450 g/mol. The summed E-state index contributed by atoms with van der Waals surface area (Å²) >= 11 is 0. The highest BCUT2D eigenvalue weighted by Gasteiger charge is 2.30. The van der Waals surface area contributed by atoms with Crippen LogP contribution < -0.4 is 14.4 Å². The largest absolute Gasteiger partial charge is 0.454 e. The van der Waals surface area contributed by atoms with Crippen molar-refractivity contribution >= 4 is 11.7 Å². The molecule has 1 aromatic carbocycles. The van der Waals surface area contributed by atoms with E-state index >= 15 is 0 Å². The Morgan fingerprint density at radius 2 is 2.06 bits per heavy atom. The lowest BCUT2D eigenvalue weighted by Gasteiger charge is -2.41. The minimum atomic E-state index is 0.0208. The topological polar surface area (TPSA) is 87.9 Å². The van der Waals surface area contributed by atoms with Crippen molar-refractivity contribution in [2.75, 3.05) is 45.0 Å². The molecule has 33 heavy (non-hydrogen) atoms. The molecule has 0 saturated carbocycles. The van der Waals surface area contributed by atoms with Gasteiger partial charge in [-0.2, -0.15) is 5.26 Å². The van der Waals surface area contributed by atoms with Gasteiger partial charge in [-0.1, -0.05) is 19.9 Å². The highest BCUT2D eigenvalue weighted by atomic mass is 16.7. The summed E-state index contributed by atoms with van der Waals surface area (Å²) in [6.07, 6.45) is 0.379. The molecule has 0 radical (unpaired) electrons. The van der Waals surface area contributed by atoms with Crippen molar-refractivity contribution in [3.8, 4) is 28.7 Å². The molecule has 0 aliphatic carbocycles. The molecule has 4 rings (SSSR count). The van der Waals surface area contributed by atoms with Crippen LogP contribution in [0.3, 0.4) is 0 Å². The van der Waals surface area contributed by atoms with E-state index in [2.05, 4.69) is 24.8 Å². The first-order valence-corrected chi connectivity index (χ1v) is 11.3. The Hall–Kier alpha value is -3.31. The molecule has 0 spiro atoms. The van der Waals surface area contributed by atoms with Gasteiger partial charge in [0, 0.05) is 38.3 Å². The molecule has 0 N–H and O–H groups in total. The molecule has 0 bridgehead atoms. The normalized spacial score (nSPS) is 17.4. The summed E-state index contributed by atoms with van der Waals surface area (Å²) in [6.45, 7) is 8.73. The third kappa shape index (κ3) is 4.60. The number of ether oxygens (including phenoxy) is 3. The summed E-state index contributed by atoms with van der Waals surface area (Å²) in [7, 11) is 1.60. The van der Waals surface area contributed by atoms with Crippen molar-refractivity contribution in [3.63, 3.8) is 0 Å². The smallest absolute Gasteiger partial charge is 0.231 e. The van der Waals surface area contributed by atoms with E-state index in [0.29, 0.717) is 49.8 Å². The predicted molar refractivity (Wildman–Crippen MR) is 124 cm³/mol. The molecule has 1 atom stereocenters. The molecular weight excluding hydrogens is 420 g/mol. The molecule has 1 fully saturated rings. The number of methoxy groups -OCH3 is 1. The van der Waals surface area contributed by atoms with E-state index in [1.54, 1.807) is 7.11 Å². The number of hydrogen-bond donors (Lipinski definition) is 0. The van der Waals surface area contributed by atoms with Crippen molar-refractivity contribution in [1.82, 2.24) is 9.88 Å². The summed E-state index contributed by atoms with van der Waals surface area (Å²) < 4.78 is 16.0. The lowest BCUT2D eigenvalue weighted by Crippen LogP contribution is -2.54. The molecule has 2 aliphatic heterocycles. The van der Waals surface area contributed by atoms with Crippen LogP contribution in [0.5, 0.6) is 11.5 Å². The first kappa shape index (κ1) is 22.9. The van der Waals surface area contributed by atoms with E-state index in [1.165, 1.54) is 0 Å². The maximum atomic E-state index is 12.5. The van der Waals surface area contributed by atoms with Gasteiger partial charge in [-0.05, 0) is 36.6 Å². The van der Waals surface area contributed by atoms with Gasteiger partial charge < -0.3 is 24.0 Å². The molecule has 3 heterocycles. The number of benzene rings is 1. The van der Waals surface area contributed by atoms with Crippen molar-refractivity contribution < 1.29 is 19.0 Å². The number of rotatable bonds is 6. The summed E-state index contributed by atoms with van der Waals surface area (Å²) in [5.74, 6) is 2.36. The molecular formula is C25H30N4O4. The average Bonchev–Trinajstić information content (AvgIpc) is 3.29. The van der Waals surface area contributed by atoms with Crippen molar-refractivity contribution in [2.45, 2.75) is 39.2 Å². The summed E-state index contributed by atoms with van der Waals surface area (Å²) in [6, 6.07) is 10.1. The van der Waals surface area contributed by atoms with Crippen molar-refractivity contribution in [3.05, 3.63) is 35.5 Å². The molecule has 0 unspecified atom stereocenters. The minimum Gasteiger partial charge on any atom is -0.454 e. The van der Waals surface area contributed by atoms with E-state index in [9.17, 15) is 10.1 Å². The van der Waals surface area contributed by atoms with Gasteiger partial charge in [-0.15, -0.1) is 0 Å². The van der Waals surface area contributed by atoms with Gasteiger partial charge in [0.15, 0.2) is 11.5 Å². The van der Waals surface area contributed by atoms with E-state index in [1.807, 2.05) is 36.1 Å². The zero-order chi connectivity index (χ0) is 23.5. The number of anilines is 1. The quantitative estimate of drug-likeness (QED) is 0.665. The van der Waals surface area contributed by atoms with Crippen LogP contribution in [0.2, 0.25) is 0 Å². The van der Waals surface area contributed by atoms with E-state index in [4.69, 9.17) is 19.2 Å². The number of hydrogen-bond acceptors (Lipinski definition) is 7. The van der Waals surface area contributed by atoms with Crippen LogP contribution in [0.25, 0.3) is 11.1 Å². The van der Waals surface area contributed by atoms with Gasteiger partial charge in [0.2, 0.25) is 12.7 Å². The number of fused-ring (bicyclic) bond motifs is 1. The fourth-order valence-electron chi connectivity index (χ4n) is 4.43. The van der Waals surface area contributed by atoms with Gasteiger partial charge in [0.25, 0.3) is 0 Å². The number of carbonyl (C=O) groups excluding carboxylic acids is 1. The predicted octanol–water partition coefficient (Wildman–Crippen LogP) is 3.55. The fourth-order valence-corrected chi connectivity index (χ4v) is 4.43. The van der Waals surface area contributed by atoms with Crippen molar-refractivity contribution in [2.24, 2.45) is 0 Å². The van der Waals surface area contributed by atoms with Crippen LogP contribution in [0, 0.1) is 11.3 Å². The molecule has 1 saturated heterocycles. The Bertz CT molecular complexity index is 1080. The standard InChI is InChI=1S/C25H30N4O4/c1-16(2)24-20(18-5-6-21-22(12-18)33-15-32-21)11-19(13-26)25(27-24)28-8-9-29(17(3)14-28)23(30)7-10-31-4/h5-6,11-12,16-17H,7-10,14-15H2,1-4H3/t17-/m1/s1. The Morgan fingerprint density at radius 3 is 2.76 bits per heavy atom. The van der Waals surface area contributed by atoms with Gasteiger partial charge in [-0.25, -0.2) is 4.98 Å². The zero-order valence-corrected chi connectivity index (χ0v) is 19.6. The number of nitriles is 1. The Morgan fingerprint density at radius 1 is 1.27 bits per heavy atom. The third-order valence-electron chi connectivity index (χ3n) is 6.15. The Labute approximate surface area is 194 Å². The number of nitrogens with zero attached hydrogens (tertiary/aromatic N) is 4. The summed E-state index contributed by atoms with van der Waals surface area (Å²) in [5.41, 5.74) is 3.32. The third-order valence-corrected chi connectivity index (χ3v) is 6.15. The SMILES string of the molecule is COCCC(=O)N1CCN(c2nc(C(C)C)c(-c3ccc4c(c3)OCO4)cc2C#N)C[C@H]1C. The molecule has 1 aromatic heterocycles. The van der Waals surface area contributed by atoms with E-state index in [0.717, 1.165) is 22.6 Å². The number of pyridine rings is 1. The second-order valence-electron chi connectivity index (χ2n) is 8.75. The zero-order valence-electron chi connectivity index (χ0n) is 19.6. The number of carbonyl (C=O) groups is 1. The maximum absolute atomic E-state index is 12.5. The van der Waals surface area contributed by atoms with Crippen LogP contribution >= 0.6 is 0 Å². The van der Waals surface area contributed by atoms with Gasteiger partial charge >= 0.3 is 0 Å². The molecule has 174 valence electrons. The van der Waals surface area contributed by atoms with Gasteiger partial charge in [0.05, 0.1) is 24.3 Å². The van der Waals surface area contributed by atoms with Gasteiger partial charge in [0.1, 0.15) is 11.9 Å². The first-order chi connectivity index (χ1) is 15.9. The lowest BCUT2D eigenvalue weighted by molar-refractivity contribution is -0.134. The lowest BCUT2D eigenvalue weighted by atomic mass is 9.95. The molecule has 2 aromatic rings. The average molecular weight is 451 g/mol. The van der Waals surface area contributed by atoms with Crippen molar-refractivity contribution in [1.29, 1.82) is 5.26 Å². The van der Waals surface area contributed by atoms with Crippen LogP contribution in [0.1, 0.15) is 44.4 Å². The van der Waals surface area contributed by atoms with Crippen LogP contribution in [-0.4, -0.2) is 62.0 Å². The van der Waals surface area contributed by atoms with Crippen LogP contribution in [-0.2, 0) is 9.53 Å². The number of aromatic nitrogens is 1. The van der Waals surface area contributed by atoms with Crippen LogP contribution in [0.15, 0.2) is 24.3 Å². The number of piperazine rings is 1. The second kappa shape index (κ2) is 9.67. The molecule has 1 amide bonds. The maximum Gasteiger partial charge on any atom is 0.231 e. The van der Waals surface area contributed by atoms with E-state index < -0.39 is 0 Å². The Kier molecular flexibility index (Phi) is 6.70. The number of amides is 1. The highest BCUT2D eigenvalue weighted by Crippen LogP contribution is 2.39. The molecule has 2 aliphatic rings. The van der Waals surface area contributed by atoms with E-state index in [-0.39, 0.29) is 24.7 Å². The first-order valence-electron chi connectivity index (χ1n) is 11.3. The summed E-state index contributed by atoms with van der Waals surface area (Å²) in [4.78, 5) is 21.5. The molecule has 8 heteroatoms. The molecule has 8 nitrogen and oxygen atoms in total. The highest BCUT2D eigenvalue weighted by molar-refractivity contribution is 5.77. The summed E-state index contributed by atoms with van der Waals surface area (Å²) in [5, 5.41) is 9.97.